The molecule has 0 amide bonds. The number of nitrogens with one attached hydrogen (secondary N) is 2. The smallest absolute Gasteiger partial charge is 0.231 e. The maximum Gasteiger partial charge on any atom is 0.231 e. The SMILES string of the molecule is COc1ccc(CCNc2cc(Nc3ccc4c(c3)OCO4)ncn2)cc1. The summed E-state index contributed by atoms with van der Waals surface area (Å²) in [6, 6.07) is 15.6. The minimum Gasteiger partial charge on any atom is -0.497 e. The van der Waals surface area contributed by atoms with Crippen molar-refractivity contribution >= 4 is 17.3 Å². The number of anilines is 3. The van der Waals surface area contributed by atoms with Gasteiger partial charge >= 0.3 is 0 Å². The lowest BCUT2D eigenvalue weighted by Gasteiger charge is -2.09. The van der Waals surface area contributed by atoms with Gasteiger partial charge in [-0.3, -0.25) is 0 Å². The number of fused-ring (bicyclic) bond motifs is 1. The van der Waals surface area contributed by atoms with Crippen LogP contribution in [0.15, 0.2) is 54.9 Å². The van der Waals surface area contributed by atoms with Gasteiger partial charge in [0.1, 0.15) is 23.7 Å². The number of rotatable bonds is 7. The molecule has 0 saturated carbocycles. The molecule has 0 radical (unpaired) electrons. The monoisotopic (exact) mass is 364 g/mol. The second-order valence-corrected chi connectivity index (χ2v) is 6.01. The predicted molar refractivity (Wildman–Crippen MR) is 103 cm³/mol. The molecule has 4 rings (SSSR count). The molecule has 0 spiro atoms. The molecule has 2 heterocycles. The van der Waals surface area contributed by atoms with Gasteiger partial charge in [0.15, 0.2) is 11.5 Å². The van der Waals surface area contributed by atoms with Crippen LogP contribution in [0.1, 0.15) is 5.56 Å². The summed E-state index contributed by atoms with van der Waals surface area (Å²) in [5, 5.41) is 6.58. The van der Waals surface area contributed by atoms with Crippen LogP contribution in [0.2, 0.25) is 0 Å². The first-order valence-corrected chi connectivity index (χ1v) is 8.66. The van der Waals surface area contributed by atoms with Crippen molar-refractivity contribution in [3.05, 3.63) is 60.4 Å². The molecule has 2 N–H and O–H groups in total. The quantitative estimate of drug-likeness (QED) is 0.663. The van der Waals surface area contributed by atoms with Crippen LogP contribution in [0, 0.1) is 0 Å². The van der Waals surface area contributed by atoms with Crippen LogP contribution in [0.5, 0.6) is 17.2 Å². The Labute approximate surface area is 157 Å². The van der Waals surface area contributed by atoms with Crippen molar-refractivity contribution < 1.29 is 14.2 Å². The molecule has 1 aliphatic rings. The fraction of sp³-hybridized carbons (Fsp3) is 0.200. The summed E-state index contributed by atoms with van der Waals surface area (Å²) in [5.74, 6) is 3.82. The van der Waals surface area contributed by atoms with Gasteiger partial charge in [0.2, 0.25) is 6.79 Å². The second-order valence-electron chi connectivity index (χ2n) is 6.01. The van der Waals surface area contributed by atoms with Crippen LogP contribution in [0.4, 0.5) is 17.3 Å². The highest BCUT2D eigenvalue weighted by atomic mass is 16.7. The highest BCUT2D eigenvalue weighted by molar-refractivity contribution is 5.63. The predicted octanol–water partition coefficient (Wildman–Crippen LogP) is 3.61. The average molecular weight is 364 g/mol. The number of hydrogen-bond acceptors (Lipinski definition) is 7. The Morgan fingerprint density at radius 3 is 2.63 bits per heavy atom. The molecular formula is C20H20N4O3. The molecule has 0 saturated heterocycles. The normalized spacial score (nSPS) is 11.9. The molecule has 7 nitrogen and oxygen atoms in total. The van der Waals surface area contributed by atoms with E-state index in [1.54, 1.807) is 7.11 Å². The average Bonchev–Trinajstić information content (AvgIpc) is 3.17. The lowest BCUT2D eigenvalue weighted by molar-refractivity contribution is 0.174. The van der Waals surface area contributed by atoms with E-state index in [1.807, 2.05) is 36.4 Å². The van der Waals surface area contributed by atoms with Gasteiger partial charge in [0.05, 0.1) is 7.11 Å². The van der Waals surface area contributed by atoms with E-state index in [9.17, 15) is 0 Å². The maximum atomic E-state index is 5.40. The fourth-order valence-electron chi connectivity index (χ4n) is 2.77. The number of ether oxygens (including phenoxy) is 3. The van der Waals surface area contributed by atoms with Crippen LogP contribution in [0.25, 0.3) is 0 Å². The molecular weight excluding hydrogens is 344 g/mol. The first-order chi connectivity index (χ1) is 13.3. The lowest BCUT2D eigenvalue weighted by Crippen LogP contribution is -2.07. The molecule has 1 aliphatic heterocycles. The summed E-state index contributed by atoms with van der Waals surface area (Å²) < 4.78 is 15.9. The van der Waals surface area contributed by atoms with Crippen molar-refractivity contribution in [3.8, 4) is 17.2 Å². The molecule has 138 valence electrons. The van der Waals surface area contributed by atoms with E-state index in [-0.39, 0.29) is 6.79 Å². The third-order valence-corrected chi connectivity index (χ3v) is 4.19. The van der Waals surface area contributed by atoms with Crippen LogP contribution >= 0.6 is 0 Å². The summed E-state index contributed by atoms with van der Waals surface area (Å²) in [7, 11) is 1.67. The Hall–Kier alpha value is -3.48. The van der Waals surface area contributed by atoms with Gasteiger partial charge in [-0.2, -0.15) is 0 Å². The van der Waals surface area contributed by atoms with Gasteiger partial charge in [-0.1, -0.05) is 12.1 Å². The van der Waals surface area contributed by atoms with Crippen molar-refractivity contribution in [2.24, 2.45) is 0 Å². The molecule has 0 bridgehead atoms. The van der Waals surface area contributed by atoms with Crippen LogP contribution in [0.3, 0.4) is 0 Å². The fourth-order valence-corrected chi connectivity index (χ4v) is 2.77. The summed E-state index contributed by atoms with van der Waals surface area (Å²) >= 11 is 0. The third-order valence-electron chi connectivity index (χ3n) is 4.19. The van der Waals surface area contributed by atoms with E-state index in [0.29, 0.717) is 5.82 Å². The van der Waals surface area contributed by atoms with Gasteiger partial charge in [-0.25, -0.2) is 9.97 Å². The zero-order chi connectivity index (χ0) is 18.5. The highest BCUT2D eigenvalue weighted by Crippen LogP contribution is 2.34. The van der Waals surface area contributed by atoms with Crippen molar-refractivity contribution in [1.29, 1.82) is 0 Å². The minimum absolute atomic E-state index is 0.258. The van der Waals surface area contributed by atoms with E-state index in [0.717, 1.165) is 41.7 Å². The standard InChI is InChI=1S/C20H20N4O3/c1-25-16-5-2-14(3-6-16)8-9-21-19-11-20(23-12-22-19)24-15-4-7-17-18(10-15)27-13-26-17/h2-7,10-12H,8-9,13H2,1H3,(H2,21,22,23,24). The van der Waals surface area contributed by atoms with Crippen LogP contribution < -0.4 is 24.8 Å². The first-order valence-electron chi connectivity index (χ1n) is 8.66. The number of aromatic nitrogens is 2. The maximum absolute atomic E-state index is 5.40. The molecule has 0 fully saturated rings. The molecule has 1 aromatic heterocycles. The van der Waals surface area contributed by atoms with Crippen molar-refractivity contribution in [2.75, 3.05) is 31.1 Å². The summed E-state index contributed by atoms with van der Waals surface area (Å²) in [5.41, 5.74) is 2.11. The number of nitrogens with zero attached hydrogens (tertiary/aromatic N) is 2. The zero-order valence-electron chi connectivity index (χ0n) is 14.9. The van der Waals surface area contributed by atoms with Crippen molar-refractivity contribution in [2.45, 2.75) is 6.42 Å². The van der Waals surface area contributed by atoms with Crippen LogP contribution in [-0.2, 0) is 6.42 Å². The Morgan fingerprint density at radius 1 is 0.963 bits per heavy atom. The Kier molecular flexibility index (Phi) is 4.91. The Balaban J connectivity index is 1.34. The van der Waals surface area contributed by atoms with Gasteiger partial charge in [0.25, 0.3) is 0 Å². The van der Waals surface area contributed by atoms with Gasteiger partial charge in [-0.15, -0.1) is 0 Å². The van der Waals surface area contributed by atoms with E-state index in [1.165, 1.54) is 11.9 Å². The largest absolute Gasteiger partial charge is 0.497 e. The molecule has 2 aromatic carbocycles. The minimum atomic E-state index is 0.258. The number of benzene rings is 2. The number of methoxy groups -OCH3 is 1. The molecule has 3 aromatic rings. The van der Waals surface area contributed by atoms with E-state index in [4.69, 9.17) is 14.2 Å². The number of hydrogen-bond donors (Lipinski definition) is 2. The Morgan fingerprint density at radius 2 is 1.78 bits per heavy atom. The van der Waals surface area contributed by atoms with E-state index >= 15 is 0 Å². The van der Waals surface area contributed by atoms with Gasteiger partial charge in [-0.05, 0) is 36.2 Å². The van der Waals surface area contributed by atoms with E-state index in [2.05, 4.69) is 32.7 Å². The lowest BCUT2D eigenvalue weighted by atomic mass is 10.1. The summed E-state index contributed by atoms with van der Waals surface area (Å²) in [4.78, 5) is 8.54. The third kappa shape index (κ3) is 4.20. The second kappa shape index (κ2) is 7.82. The molecule has 0 aliphatic carbocycles. The van der Waals surface area contributed by atoms with Gasteiger partial charge < -0.3 is 24.8 Å². The summed E-state index contributed by atoms with van der Waals surface area (Å²) in [6.07, 6.45) is 2.42. The highest BCUT2D eigenvalue weighted by Gasteiger charge is 2.13. The topological polar surface area (TPSA) is 77.5 Å². The first kappa shape index (κ1) is 17.0. The van der Waals surface area contributed by atoms with Gasteiger partial charge in [0, 0.05) is 24.4 Å². The molecule has 0 atom stereocenters. The van der Waals surface area contributed by atoms with E-state index < -0.39 is 0 Å². The zero-order valence-corrected chi connectivity index (χ0v) is 14.9. The molecule has 0 unspecified atom stereocenters. The molecule has 7 heteroatoms. The van der Waals surface area contributed by atoms with Crippen molar-refractivity contribution in [1.82, 2.24) is 9.97 Å². The summed E-state index contributed by atoms with van der Waals surface area (Å²) in [6.45, 7) is 1.03. The molecule has 27 heavy (non-hydrogen) atoms. The van der Waals surface area contributed by atoms with Crippen molar-refractivity contribution in [3.63, 3.8) is 0 Å². The Bertz CT molecular complexity index is 915. The van der Waals surface area contributed by atoms with Crippen LogP contribution in [-0.4, -0.2) is 30.4 Å².